The first kappa shape index (κ1) is 15.6. The summed E-state index contributed by atoms with van der Waals surface area (Å²) in [4.78, 5) is 32.8. The third-order valence-electron chi connectivity index (χ3n) is 4.35. The van der Waals surface area contributed by atoms with Crippen molar-refractivity contribution in [3.05, 3.63) is 48.2 Å². The van der Waals surface area contributed by atoms with Crippen molar-refractivity contribution >= 4 is 29.0 Å². The van der Waals surface area contributed by atoms with Crippen molar-refractivity contribution in [3.8, 4) is 0 Å². The first-order valence-electron chi connectivity index (χ1n) is 8.22. The number of morpholine rings is 1. The van der Waals surface area contributed by atoms with E-state index in [4.69, 9.17) is 4.74 Å². The zero-order valence-corrected chi connectivity index (χ0v) is 13.6. The molecule has 7 nitrogen and oxygen atoms in total. The Balaban J connectivity index is 1.58. The summed E-state index contributed by atoms with van der Waals surface area (Å²) in [6, 6.07) is 10.9. The van der Waals surface area contributed by atoms with Gasteiger partial charge in [0.2, 0.25) is 5.91 Å². The minimum absolute atomic E-state index is 0.00105. The molecule has 128 valence electrons. The molecule has 0 aliphatic carbocycles. The van der Waals surface area contributed by atoms with Crippen LogP contribution in [0.5, 0.6) is 0 Å². The third kappa shape index (κ3) is 3.06. The third-order valence-corrected chi connectivity index (χ3v) is 4.35. The van der Waals surface area contributed by atoms with Crippen LogP contribution in [0.25, 0.3) is 0 Å². The minimum atomic E-state index is -0.233. The summed E-state index contributed by atoms with van der Waals surface area (Å²) >= 11 is 0. The standard InChI is InChI=1S/C18H18N4O3/c23-17-12-22(15-4-2-1-3-14(15)20-17)18(24)13-5-6-16(19-11-13)21-7-9-25-10-8-21/h1-6,11H,7-10,12H2,(H,20,23). The number of pyridine rings is 1. The average Bonchev–Trinajstić information content (AvgIpc) is 2.67. The fourth-order valence-electron chi connectivity index (χ4n) is 3.06. The molecule has 2 aliphatic heterocycles. The van der Waals surface area contributed by atoms with Crippen molar-refractivity contribution < 1.29 is 14.3 Å². The van der Waals surface area contributed by atoms with E-state index in [0.29, 0.717) is 30.2 Å². The van der Waals surface area contributed by atoms with Gasteiger partial charge in [-0.25, -0.2) is 4.98 Å². The van der Waals surface area contributed by atoms with Gasteiger partial charge in [-0.3, -0.25) is 14.5 Å². The van der Waals surface area contributed by atoms with Crippen LogP contribution < -0.4 is 15.1 Å². The lowest BCUT2D eigenvalue weighted by Gasteiger charge is -2.29. The summed E-state index contributed by atoms with van der Waals surface area (Å²) in [5, 5.41) is 2.78. The highest BCUT2D eigenvalue weighted by molar-refractivity contribution is 6.15. The predicted octanol–water partition coefficient (Wildman–Crippen LogP) is 1.52. The molecule has 0 spiro atoms. The molecule has 0 bridgehead atoms. The Kier molecular flexibility index (Phi) is 4.07. The highest BCUT2D eigenvalue weighted by Crippen LogP contribution is 2.30. The SMILES string of the molecule is O=C1CN(C(=O)c2ccc(N3CCOCC3)nc2)c2ccccc2N1. The van der Waals surface area contributed by atoms with Crippen LogP contribution in [-0.2, 0) is 9.53 Å². The Bertz CT molecular complexity index is 800. The van der Waals surface area contributed by atoms with Gasteiger partial charge in [-0.05, 0) is 24.3 Å². The first-order valence-corrected chi connectivity index (χ1v) is 8.22. The van der Waals surface area contributed by atoms with Gasteiger partial charge in [0.25, 0.3) is 5.91 Å². The monoisotopic (exact) mass is 338 g/mol. The van der Waals surface area contributed by atoms with Gasteiger partial charge in [0, 0.05) is 19.3 Å². The molecule has 0 saturated carbocycles. The zero-order chi connectivity index (χ0) is 17.2. The van der Waals surface area contributed by atoms with Crippen molar-refractivity contribution in [3.63, 3.8) is 0 Å². The van der Waals surface area contributed by atoms with E-state index < -0.39 is 0 Å². The molecule has 0 radical (unpaired) electrons. The van der Waals surface area contributed by atoms with Crippen molar-refractivity contribution in [1.29, 1.82) is 0 Å². The Morgan fingerprint density at radius 2 is 1.92 bits per heavy atom. The number of aromatic nitrogens is 1. The summed E-state index contributed by atoms with van der Waals surface area (Å²) in [6.07, 6.45) is 1.57. The smallest absolute Gasteiger partial charge is 0.260 e. The van der Waals surface area contributed by atoms with Crippen LogP contribution in [0.15, 0.2) is 42.6 Å². The number of carbonyl (C=O) groups excluding carboxylic acids is 2. The van der Waals surface area contributed by atoms with Gasteiger partial charge in [0.1, 0.15) is 12.4 Å². The van der Waals surface area contributed by atoms with Crippen LogP contribution in [0.1, 0.15) is 10.4 Å². The summed E-state index contributed by atoms with van der Waals surface area (Å²) in [5.41, 5.74) is 1.80. The number of ether oxygens (including phenoxy) is 1. The maximum absolute atomic E-state index is 12.9. The lowest BCUT2D eigenvalue weighted by molar-refractivity contribution is -0.115. The molecule has 1 fully saturated rings. The van der Waals surface area contributed by atoms with Gasteiger partial charge in [0.05, 0.1) is 30.2 Å². The van der Waals surface area contributed by atoms with E-state index >= 15 is 0 Å². The summed E-state index contributed by atoms with van der Waals surface area (Å²) < 4.78 is 5.34. The van der Waals surface area contributed by atoms with Crippen molar-refractivity contribution in [2.45, 2.75) is 0 Å². The van der Waals surface area contributed by atoms with Crippen LogP contribution in [0.3, 0.4) is 0 Å². The number of nitrogens with zero attached hydrogens (tertiary/aromatic N) is 3. The van der Waals surface area contributed by atoms with E-state index in [1.165, 1.54) is 4.90 Å². The van der Waals surface area contributed by atoms with E-state index in [2.05, 4.69) is 15.2 Å². The number of benzene rings is 1. The Morgan fingerprint density at radius 1 is 1.12 bits per heavy atom. The van der Waals surface area contributed by atoms with E-state index in [1.807, 2.05) is 24.3 Å². The summed E-state index contributed by atoms with van der Waals surface area (Å²) in [7, 11) is 0. The highest BCUT2D eigenvalue weighted by Gasteiger charge is 2.27. The lowest BCUT2D eigenvalue weighted by Crippen LogP contribution is -2.42. The molecule has 2 aromatic rings. The largest absolute Gasteiger partial charge is 0.378 e. The molecular weight excluding hydrogens is 320 g/mol. The Hall–Kier alpha value is -2.93. The number of para-hydroxylation sites is 2. The molecular formula is C18H18N4O3. The fraction of sp³-hybridized carbons (Fsp3) is 0.278. The second kappa shape index (κ2) is 6.52. The van der Waals surface area contributed by atoms with Gasteiger partial charge >= 0.3 is 0 Å². The molecule has 1 saturated heterocycles. The van der Waals surface area contributed by atoms with Gasteiger partial charge in [-0.1, -0.05) is 12.1 Å². The predicted molar refractivity (Wildman–Crippen MR) is 94.0 cm³/mol. The lowest BCUT2D eigenvalue weighted by atomic mass is 10.1. The number of hydrogen-bond acceptors (Lipinski definition) is 5. The zero-order valence-electron chi connectivity index (χ0n) is 13.6. The number of rotatable bonds is 2. The number of fused-ring (bicyclic) bond motifs is 1. The summed E-state index contributed by atoms with van der Waals surface area (Å²) in [6.45, 7) is 2.95. The molecule has 25 heavy (non-hydrogen) atoms. The molecule has 1 aromatic heterocycles. The van der Waals surface area contributed by atoms with E-state index in [0.717, 1.165) is 18.9 Å². The normalized spacial score (nSPS) is 17.0. The van der Waals surface area contributed by atoms with Crippen LogP contribution in [0.2, 0.25) is 0 Å². The van der Waals surface area contributed by atoms with Crippen LogP contribution in [0.4, 0.5) is 17.2 Å². The molecule has 2 amide bonds. The minimum Gasteiger partial charge on any atom is -0.378 e. The van der Waals surface area contributed by atoms with Crippen molar-refractivity contribution in [2.24, 2.45) is 0 Å². The van der Waals surface area contributed by atoms with Gasteiger partial charge in [-0.2, -0.15) is 0 Å². The second-order valence-electron chi connectivity index (χ2n) is 5.96. The maximum atomic E-state index is 12.9. The van der Waals surface area contributed by atoms with Crippen molar-refractivity contribution in [2.75, 3.05) is 48.0 Å². The first-order chi connectivity index (χ1) is 12.2. The highest BCUT2D eigenvalue weighted by atomic mass is 16.5. The molecule has 1 aromatic carbocycles. The van der Waals surface area contributed by atoms with E-state index in [-0.39, 0.29) is 18.4 Å². The number of anilines is 3. The molecule has 1 N–H and O–H groups in total. The molecule has 0 atom stereocenters. The molecule has 7 heteroatoms. The van der Waals surface area contributed by atoms with E-state index in [9.17, 15) is 9.59 Å². The van der Waals surface area contributed by atoms with Gasteiger partial charge < -0.3 is 15.0 Å². The van der Waals surface area contributed by atoms with Gasteiger partial charge in [-0.15, -0.1) is 0 Å². The Labute approximate surface area is 145 Å². The second-order valence-corrected chi connectivity index (χ2v) is 5.96. The fourth-order valence-corrected chi connectivity index (χ4v) is 3.06. The van der Waals surface area contributed by atoms with Gasteiger partial charge in [0.15, 0.2) is 0 Å². The van der Waals surface area contributed by atoms with E-state index in [1.54, 1.807) is 18.3 Å². The number of nitrogens with one attached hydrogen (secondary N) is 1. The number of carbonyl (C=O) groups is 2. The average molecular weight is 338 g/mol. The van der Waals surface area contributed by atoms with Crippen LogP contribution >= 0.6 is 0 Å². The molecule has 4 rings (SSSR count). The topological polar surface area (TPSA) is 74.8 Å². The molecule has 3 heterocycles. The maximum Gasteiger partial charge on any atom is 0.260 e. The van der Waals surface area contributed by atoms with Crippen LogP contribution in [0, 0.1) is 0 Å². The number of amides is 2. The summed E-state index contributed by atoms with van der Waals surface area (Å²) in [5.74, 6) is 0.393. The Morgan fingerprint density at radius 3 is 2.68 bits per heavy atom. The number of hydrogen-bond donors (Lipinski definition) is 1. The molecule has 0 unspecified atom stereocenters. The quantitative estimate of drug-likeness (QED) is 0.899. The van der Waals surface area contributed by atoms with Crippen LogP contribution in [-0.4, -0.2) is 49.6 Å². The van der Waals surface area contributed by atoms with Crippen molar-refractivity contribution in [1.82, 2.24) is 4.98 Å². The molecule has 2 aliphatic rings.